The van der Waals surface area contributed by atoms with Crippen LogP contribution in [0.3, 0.4) is 0 Å². The summed E-state index contributed by atoms with van der Waals surface area (Å²) in [4.78, 5) is 4.43. The molecule has 0 unspecified atom stereocenters. The van der Waals surface area contributed by atoms with Gasteiger partial charge < -0.3 is 0 Å². The average Bonchev–Trinajstić information content (AvgIpc) is 2.71. The average molecular weight is 230 g/mol. The Bertz CT molecular complexity index is 405. The Morgan fingerprint density at radius 1 is 1.38 bits per heavy atom. The van der Waals surface area contributed by atoms with Gasteiger partial charge in [0.15, 0.2) is 0 Å². The summed E-state index contributed by atoms with van der Waals surface area (Å²) in [5, 5.41) is 7.36. The molecule has 1 nitrogen and oxygen atoms in total. The van der Waals surface area contributed by atoms with Gasteiger partial charge in [-0.3, -0.25) is 0 Å². The van der Waals surface area contributed by atoms with E-state index in [4.69, 9.17) is 11.6 Å². The van der Waals surface area contributed by atoms with Crippen molar-refractivity contribution in [2.24, 2.45) is 0 Å². The van der Waals surface area contributed by atoms with Crippen LogP contribution in [0.25, 0.3) is 10.6 Å². The van der Waals surface area contributed by atoms with Crippen molar-refractivity contribution in [3.05, 3.63) is 27.4 Å². The maximum atomic E-state index is 5.69. The Kier molecular flexibility index (Phi) is 2.67. The molecular weight excluding hydrogens is 222 g/mol. The highest BCUT2D eigenvalue weighted by Crippen LogP contribution is 2.29. The number of aromatic nitrogens is 1. The number of nitrogens with zero attached hydrogens (tertiary/aromatic N) is 1. The van der Waals surface area contributed by atoms with Gasteiger partial charge in [0, 0.05) is 16.3 Å². The number of hydrogen-bond donors (Lipinski definition) is 0. The molecule has 0 aromatic carbocycles. The molecule has 0 saturated heterocycles. The fourth-order valence-electron chi connectivity index (χ4n) is 1.07. The van der Waals surface area contributed by atoms with Crippen LogP contribution in [-0.4, -0.2) is 4.98 Å². The topological polar surface area (TPSA) is 12.9 Å². The summed E-state index contributed by atoms with van der Waals surface area (Å²) in [6.45, 7) is 2.10. The number of aryl methyl sites for hydroxylation is 1. The molecule has 0 aliphatic carbocycles. The highest BCUT2D eigenvalue weighted by atomic mass is 35.5. The van der Waals surface area contributed by atoms with Crippen LogP contribution in [0.15, 0.2) is 16.1 Å². The fourth-order valence-corrected chi connectivity index (χ4v) is 3.11. The van der Waals surface area contributed by atoms with Crippen molar-refractivity contribution in [1.82, 2.24) is 4.98 Å². The van der Waals surface area contributed by atoms with Crippen molar-refractivity contribution in [3.8, 4) is 10.6 Å². The van der Waals surface area contributed by atoms with Crippen LogP contribution >= 0.6 is 34.3 Å². The summed E-state index contributed by atoms with van der Waals surface area (Å²) < 4.78 is 0. The molecule has 0 amide bonds. The number of thiazole rings is 1. The SMILES string of the molecule is Cc1cscc1-c1nc(CCl)cs1. The minimum absolute atomic E-state index is 0.500. The van der Waals surface area contributed by atoms with Crippen LogP contribution in [0.2, 0.25) is 0 Å². The number of hydrogen-bond acceptors (Lipinski definition) is 3. The molecule has 4 heteroatoms. The van der Waals surface area contributed by atoms with Crippen LogP contribution in [0, 0.1) is 6.92 Å². The third kappa shape index (κ3) is 1.77. The molecule has 2 aromatic heterocycles. The number of rotatable bonds is 2. The van der Waals surface area contributed by atoms with Crippen LogP contribution in [-0.2, 0) is 5.88 Å². The van der Waals surface area contributed by atoms with Crippen molar-refractivity contribution >= 4 is 34.3 Å². The molecule has 0 aliphatic heterocycles. The van der Waals surface area contributed by atoms with E-state index in [1.165, 1.54) is 11.1 Å². The van der Waals surface area contributed by atoms with Crippen LogP contribution in [0.5, 0.6) is 0 Å². The van der Waals surface area contributed by atoms with Gasteiger partial charge in [0.25, 0.3) is 0 Å². The molecule has 0 fully saturated rings. The summed E-state index contributed by atoms with van der Waals surface area (Å²) in [7, 11) is 0. The minimum Gasteiger partial charge on any atom is -0.240 e. The second kappa shape index (κ2) is 3.78. The van der Waals surface area contributed by atoms with Gasteiger partial charge in [-0.2, -0.15) is 11.3 Å². The van der Waals surface area contributed by atoms with E-state index >= 15 is 0 Å². The first-order valence-corrected chi connectivity index (χ1v) is 6.20. The predicted octanol–water partition coefficient (Wildman–Crippen LogP) is 3.92. The van der Waals surface area contributed by atoms with E-state index in [1.807, 2.05) is 5.38 Å². The molecule has 13 heavy (non-hydrogen) atoms. The molecule has 0 atom stereocenters. The molecule has 68 valence electrons. The number of alkyl halides is 1. The maximum absolute atomic E-state index is 5.69. The lowest BCUT2D eigenvalue weighted by Crippen LogP contribution is -1.78. The van der Waals surface area contributed by atoms with Crippen molar-refractivity contribution in [1.29, 1.82) is 0 Å². The molecule has 0 aliphatic rings. The summed E-state index contributed by atoms with van der Waals surface area (Å²) >= 11 is 9.06. The first-order valence-electron chi connectivity index (χ1n) is 3.85. The smallest absolute Gasteiger partial charge is 0.124 e. The third-order valence-corrected chi connectivity index (χ3v) is 3.83. The third-order valence-electron chi connectivity index (χ3n) is 1.77. The van der Waals surface area contributed by atoms with Crippen molar-refractivity contribution in [2.45, 2.75) is 12.8 Å². The maximum Gasteiger partial charge on any atom is 0.124 e. The zero-order valence-electron chi connectivity index (χ0n) is 7.08. The second-order valence-electron chi connectivity index (χ2n) is 2.75. The lowest BCUT2D eigenvalue weighted by molar-refractivity contribution is 1.23. The summed E-state index contributed by atoms with van der Waals surface area (Å²) in [6.07, 6.45) is 0. The highest BCUT2D eigenvalue weighted by molar-refractivity contribution is 7.14. The lowest BCUT2D eigenvalue weighted by Gasteiger charge is -1.91. The Balaban J connectivity index is 2.41. The molecule has 2 aromatic rings. The lowest BCUT2D eigenvalue weighted by atomic mass is 10.2. The van der Waals surface area contributed by atoms with E-state index < -0.39 is 0 Å². The minimum atomic E-state index is 0.500. The summed E-state index contributed by atoms with van der Waals surface area (Å²) in [5.74, 6) is 0.500. The predicted molar refractivity (Wildman–Crippen MR) is 59.7 cm³/mol. The normalized spacial score (nSPS) is 10.6. The number of halogens is 1. The Morgan fingerprint density at radius 2 is 2.23 bits per heavy atom. The van der Waals surface area contributed by atoms with Gasteiger partial charge in [-0.15, -0.1) is 22.9 Å². The van der Waals surface area contributed by atoms with E-state index in [1.54, 1.807) is 22.7 Å². The first-order chi connectivity index (χ1) is 6.31. The molecule has 0 N–H and O–H groups in total. The summed E-state index contributed by atoms with van der Waals surface area (Å²) in [5.41, 5.74) is 3.50. The van der Waals surface area contributed by atoms with Gasteiger partial charge >= 0.3 is 0 Å². The van der Waals surface area contributed by atoms with E-state index in [-0.39, 0.29) is 0 Å². The summed E-state index contributed by atoms with van der Waals surface area (Å²) in [6, 6.07) is 0. The highest BCUT2D eigenvalue weighted by Gasteiger charge is 2.06. The number of thiophene rings is 1. The van der Waals surface area contributed by atoms with Gasteiger partial charge in [0.05, 0.1) is 11.6 Å². The van der Waals surface area contributed by atoms with E-state index in [0.717, 1.165) is 10.7 Å². The van der Waals surface area contributed by atoms with Crippen LogP contribution in [0.1, 0.15) is 11.3 Å². The fraction of sp³-hybridized carbons (Fsp3) is 0.222. The van der Waals surface area contributed by atoms with Gasteiger partial charge in [-0.05, 0) is 17.9 Å². The quantitative estimate of drug-likeness (QED) is 0.712. The molecule has 0 radical (unpaired) electrons. The Hall–Kier alpha value is -0.380. The van der Waals surface area contributed by atoms with Gasteiger partial charge in [0.2, 0.25) is 0 Å². The zero-order valence-corrected chi connectivity index (χ0v) is 9.47. The van der Waals surface area contributed by atoms with Crippen molar-refractivity contribution in [2.75, 3.05) is 0 Å². The largest absolute Gasteiger partial charge is 0.240 e. The Morgan fingerprint density at radius 3 is 2.77 bits per heavy atom. The van der Waals surface area contributed by atoms with E-state index in [9.17, 15) is 0 Å². The molecule has 0 saturated carbocycles. The van der Waals surface area contributed by atoms with Crippen LogP contribution in [0.4, 0.5) is 0 Å². The van der Waals surface area contributed by atoms with Crippen molar-refractivity contribution in [3.63, 3.8) is 0 Å². The molecule has 2 rings (SSSR count). The zero-order chi connectivity index (χ0) is 9.26. The molecule has 0 spiro atoms. The molecular formula is C9H8ClNS2. The monoisotopic (exact) mass is 229 g/mol. The second-order valence-corrected chi connectivity index (χ2v) is 4.62. The van der Waals surface area contributed by atoms with Crippen molar-refractivity contribution < 1.29 is 0 Å². The first kappa shape index (κ1) is 9.19. The van der Waals surface area contributed by atoms with Gasteiger partial charge in [0.1, 0.15) is 5.01 Å². The van der Waals surface area contributed by atoms with Crippen LogP contribution < -0.4 is 0 Å². The van der Waals surface area contributed by atoms with E-state index in [0.29, 0.717) is 5.88 Å². The standard InChI is InChI=1S/C9H8ClNS2/c1-6-3-12-5-8(6)9-11-7(2-10)4-13-9/h3-5H,2H2,1H3. The molecule has 2 heterocycles. The van der Waals surface area contributed by atoms with E-state index in [2.05, 4.69) is 22.7 Å². The van der Waals surface area contributed by atoms with Gasteiger partial charge in [-0.1, -0.05) is 0 Å². The molecule has 0 bridgehead atoms. The van der Waals surface area contributed by atoms with Gasteiger partial charge in [-0.25, -0.2) is 4.98 Å². The Labute approximate surface area is 90.0 Å².